The topological polar surface area (TPSA) is 68.0 Å². The zero-order chi connectivity index (χ0) is 33.5. The fraction of sp³-hybridized carbons (Fsp3) is 0.0222. The first-order valence-corrected chi connectivity index (χ1v) is 17.1. The third-order valence-corrected chi connectivity index (χ3v) is 10.0. The van der Waals surface area contributed by atoms with Gasteiger partial charge in [-0.05, 0) is 42.0 Å². The highest BCUT2D eigenvalue weighted by Gasteiger charge is 2.23. The van der Waals surface area contributed by atoms with Crippen molar-refractivity contribution < 1.29 is 8.83 Å². The fourth-order valence-electron chi connectivity index (χ4n) is 7.67. The first kappa shape index (κ1) is 28.0. The van der Waals surface area contributed by atoms with Crippen LogP contribution >= 0.6 is 0 Å². The van der Waals surface area contributed by atoms with Crippen LogP contribution in [0.25, 0.3) is 71.4 Å². The van der Waals surface area contributed by atoms with E-state index in [1.807, 2.05) is 48.5 Å². The number of nitrogens with zero attached hydrogens (tertiary/aromatic N) is 3. The van der Waals surface area contributed by atoms with E-state index in [0.717, 1.165) is 89.0 Å². The fourth-order valence-corrected chi connectivity index (χ4v) is 7.67. The summed E-state index contributed by atoms with van der Waals surface area (Å²) in [6.45, 7) is 0. The van der Waals surface area contributed by atoms with Gasteiger partial charge in [-0.15, -0.1) is 0 Å². The molecule has 0 atom stereocenters. The Balaban J connectivity index is 1.08. The SMILES string of the molecule is c1ccc(C2=NC(c3ccc4oc5cc6oc7c(-n8c9ccccc9c9ccccc98)cccc7c6cc5c4c3)N=C(c3ccccc3)N2)cc1. The van der Waals surface area contributed by atoms with Crippen molar-refractivity contribution in [1.82, 2.24) is 9.88 Å². The third kappa shape index (κ3) is 4.30. The highest BCUT2D eigenvalue weighted by Crippen LogP contribution is 2.41. The Kier molecular flexibility index (Phi) is 5.92. The second kappa shape index (κ2) is 10.8. The molecule has 3 aromatic heterocycles. The second-order valence-electron chi connectivity index (χ2n) is 13.0. The number of aromatic nitrogens is 1. The average molecular weight is 657 g/mol. The van der Waals surface area contributed by atoms with Gasteiger partial charge in [0.2, 0.25) is 0 Å². The van der Waals surface area contributed by atoms with Gasteiger partial charge in [-0.25, -0.2) is 9.98 Å². The van der Waals surface area contributed by atoms with Crippen molar-refractivity contribution in [2.45, 2.75) is 6.17 Å². The minimum Gasteiger partial charge on any atom is -0.456 e. The molecular formula is C45H28N4O2. The van der Waals surface area contributed by atoms with Gasteiger partial charge in [-0.2, -0.15) is 0 Å². The van der Waals surface area contributed by atoms with Crippen LogP contribution in [0.2, 0.25) is 0 Å². The van der Waals surface area contributed by atoms with Gasteiger partial charge in [0, 0.05) is 49.5 Å². The Morgan fingerprint density at radius 1 is 0.451 bits per heavy atom. The quantitative estimate of drug-likeness (QED) is 0.205. The van der Waals surface area contributed by atoms with Crippen LogP contribution in [-0.2, 0) is 0 Å². The van der Waals surface area contributed by atoms with Crippen LogP contribution in [0, 0.1) is 0 Å². The maximum absolute atomic E-state index is 6.71. The Hall–Kier alpha value is -6.92. The Morgan fingerprint density at radius 2 is 1.02 bits per heavy atom. The lowest BCUT2D eigenvalue weighted by Gasteiger charge is -2.22. The third-order valence-electron chi connectivity index (χ3n) is 10.0. The van der Waals surface area contributed by atoms with Crippen molar-refractivity contribution in [3.8, 4) is 5.69 Å². The highest BCUT2D eigenvalue weighted by molar-refractivity contribution is 6.18. The number of fused-ring (bicyclic) bond motifs is 9. The predicted molar refractivity (Wildman–Crippen MR) is 207 cm³/mol. The van der Waals surface area contributed by atoms with E-state index in [4.69, 9.17) is 18.8 Å². The highest BCUT2D eigenvalue weighted by atomic mass is 16.3. The van der Waals surface area contributed by atoms with Crippen LogP contribution < -0.4 is 5.32 Å². The smallest absolute Gasteiger partial charge is 0.169 e. The zero-order valence-electron chi connectivity index (χ0n) is 27.2. The molecule has 0 amide bonds. The summed E-state index contributed by atoms with van der Waals surface area (Å²) in [6, 6.07) is 54.4. The normalized spacial score (nSPS) is 13.8. The Labute approximate surface area is 291 Å². The summed E-state index contributed by atoms with van der Waals surface area (Å²) in [7, 11) is 0. The summed E-state index contributed by atoms with van der Waals surface area (Å²) in [5, 5.41) is 10.1. The standard InChI is InChI=1S/C45H28N4O2/c1-3-12-27(13-4-1)43-46-44(28-14-5-2-6-15-28)48-45(47-43)29-22-23-39-33(24-29)35-25-34-32-18-11-21-38(42(32)51-41(34)26-40(35)50-39)49-36-19-9-7-16-30(36)31-17-8-10-20-37(31)49/h1-26,45H,(H,46,47,48). The van der Waals surface area contributed by atoms with Gasteiger partial charge in [0.25, 0.3) is 0 Å². The largest absolute Gasteiger partial charge is 0.456 e. The number of aliphatic imine (C=N–C) groups is 2. The molecule has 1 N–H and O–H groups in total. The van der Waals surface area contributed by atoms with Gasteiger partial charge < -0.3 is 18.7 Å². The summed E-state index contributed by atoms with van der Waals surface area (Å²) in [6.07, 6.45) is -0.432. The molecule has 10 aromatic rings. The van der Waals surface area contributed by atoms with Crippen LogP contribution in [0.15, 0.2) is 177 Å². The van der Waals surface area contributed by atoms with Crippen molar-refractivity contribution >= 4 is 77.4 Å². The van der Waals surface area contributed by atoms with Crippen LogP contribution in [0.1, 0.15) is 22.9 Å². The number of rotatable bonds is 4. The molecular weight excluding hydrogens is 629 g/mol. The first-order chi connectivity index (χ1) is 25.3. The maximum atomic E-state index is 6.71. The van der Waals surface area contributed by atoms with Crippen LogP contribution in [-0.4, -0.2) is 16.2 Å². The van der Waals surface area contributed by atoms with Gasteiger partial charge in [-0.3, -0.25) is 0 Å². The van der Waals surface area contributed by atoms with Gasteiger partial charge in [0.05, 0.1) is 16.7 Å². The van der Waals surface area contributed by atoms with Gasteiger partial charge in [0.1, 0.15) is 28.4 Å². The molecule has 0 saturated heterocycles. The minimum absolute atomic E-state index is 0.432. The molecule has 51 heavy (non-hydrogen) atoms. The van der Waals surface area contributed by atoms with Crippen molar-refractivity contribution in [2.75, 3.05) is 0 Å². The van der Waals surface area contributed by atoms with Gasteiger partial charge >= 0.3 is 0 Å². The van der Waals surface area contributed by atoms with Gasteiger partial charge in [0.15, 0.2) is 11.7 Å². The monoisotopic (exact) mass is 656 g/mol. The second-order valence-corrected chi connectivity index (χ2v) is 13.0. The predicted octanol–water partition coefficient (Wildman–Crippen LogP) is 11.1. The van der Waals surface area contributed by atoms with Gasteiger partial charge in [-0.1, -0.05) is 115 Å². The molecule has 1 aliphatic heterocycles. The van der Waals surface area contributed by atoms with Crippen LogP contribution in [0.5, 0.6) is 0 Å². The number of nitrogens with one attached hydrogen (secondary N) is 1. The average Bonchev–Trinajstić information content (AvgIpc) is 3.86. The van der Waals surface area contributed by atoms with E-state index < -0.39 is 6.17 Å². The number of benzene rings is 7. The summed E-state index contributed by atoms with van der Waals surface area (Å²) in [4.78, 5) is 10.2. The molecule has 0 fully saturated rings. The van der Waals surface area contributed by atoms with E-state index in [1.54, 1.807) is 0 Å². The molecule has 240 valence electrons. The lowest BCUT2D eigenvalue weighted by molar-refractivity contribution is 0.654. The number of hydrogen-bond acceptors (Lipinski definition) is 5. The molecule has 7 aromatic carbocycles. The van der Waals surface area contributed by atoms with Crippen molar-refractivity contribution in [2.24, 2.45) is 9.98 Å². The molecule has 0 radical (unpaired) electrons. The molecule has 0 saturated carbocycles. The van der Waals surface area contributed by atoms with E-state index in [2.05, 4.69) is 119 Å². The van der Waals surface area contributed by atoms with Crippen molar-refractivity contribution in [3.63, 3.8) is 0 Å². The Bertz CT molecular complexity index is 2950. The molecule has 6 heteroatoms. The molecule has 0 unspecified atom stereocenters. The molecule has 1 aliphatic rings. The molecule has 11 rings (SSSR count). The number of para-hydroxylation sites is 3. The molecule has 0 aliphatic carbocycles. The summed E-state index contributed by atoms with van der Waals surface area (Å²) in [5.41, 5.74) is 9.53. The lowest BCUT2D eigenvalue weighted by Crippen LogP contribution is -2.35. The van der Waals surface area contributed by atoms with Crippen molar-refractivity contribution in [1.29, 1.82) is 0 Å². The summed E-state index contributed by atoms with van der Waals surface area (Å²) < 4.78 is 15.5. The van der Waals surface area contributed by atoms with E-state index in [1.165, 1.54) is 10.8 Å². The van der Waals surface area contributed by atoms with E-state index in [0.29, 0.717) is 0 Å². The van der Waals surface area contributed by atoms with Crippen molar-refractivity contribution in [3.05, 3.63) is 174 Å². The molecule has 6 nitrogen and oxygen atoms in total. The summed E-state index contributed by atoms with van der Waals surface area (Å²) in [5.74, 6) is 1.58. The molecule has 0 bridgehead atoms. The van der Waals surface area contributed by atoms with Crippen LogP contribution in [0.3, 0.4) is 0 Å². The van der Waals surface area contributed by atoms with Crippen LogP contribution in [0.4, 0.5) is 0 Å². The minimum atomic E-state index is -0.432. The maximum Gasteiger partial charge on any atom is 0.169 e. The lowest BCUT2D eigenvalue weighted by atomic mass is 10.0. The Morgan fingerprint density at radius 3 is 1.71 bits per heavy atom. The van der Waals surface area contributed by atoms with E-state index >= 15 is 0 Å². The molecule has 0 spiro atoms. The number of amidine groups is 2. The summed E-state index contributed by atoms with van der Waals surface area (Å²) >= 11 is 0. The zero-order valence-corrected chi connectivity index (χ0v) is 27.2. The van der Waals surface area contributed by atoms with E-state index in [9.17, 15) is 0 Å². The van der Waals surface area contributed by atoms with E-state index in [-0.39, 0.29) is 0 Å². The first-order valence-electron chi connectivity index (χ1n) is 17.1. The number of furan rings is 2. The molecule has 4 heterocycles. The number of hydrogen-bond donors (Lipinski definition) is 1.